The highest BCUT2D eigenvalue weighted by molar-refractivity contribution is 5.93. The zero-order chi connectivity index (χ0) is 16.4. The third-order valence-electron chi connectivity index (χ3n) is 3.74. The molecule has 0 aliphatic heterocycles. The van der Waals surface area contributed by atoms with E-state index in [0.29, 0.717) is 17.3 Å². The Morgan fingerprint density at radius 3 is 2.58 bits per heavy atom. The lowest BCUT2D eigenvalue weighted by Gasteiger charge is -2.10. The molecule has 0 saturated heterocycles. The van der Waals surface area contributed by atoms with Gasteiger partial charge in [-0.15, -0.1) is 0 Å². The van der Waals surface area contributed by atoms with Crippen LogP contribution in [0.4, 0.5) is 17.2 Å². The summed E-state index contributed by atoms with van der Waals surface area (Å²) in [6.45, 7) is 0. The van der Waals surface area contributed by atoms with Crippen LogP contribution in [0.25, 0.3) is 22.3 Å². The molecule has 5 heteroatoms. The van der Waals surface area contributed by atoms with E-state index in [2.05, 4.69) is 20.3 Å². The third kappa shape index (κ3) is 2.63. The molecule has 0 amide bonds. The van der Waals surface area contributed by atoms with Crippen molar-refractivity contribution in [2.45, 2.75) is 0 Å². The Morgan fingerprint density at radius 2 is 1.71 bits per heavy atom. The zero-order valence-corrected chi connectivity index (χ0v) is 12.8. The largest absolute Gasteiger partial charge is 0.394 e. The number of nitrogens with zero attached hydrogens (tertiary/aromatic N) is 3. The van der Waals surface area contributed by atoms with E-state index in [4.69, 9.17) is 5.73 Å². The molecule has 2 aromatic carbocycles. The average molecular weight is 313 g/mol. The van der Waals surface area contributed by atoms with Crippen molar-refractivity contribution in [3.05, 3.63) is 73.1 Å². The number of nitrogens with two attached hydrogens (primary N) is 1. The summed E-state index contributed by atoms with van der Waals surface area (Å²) < 4.78 is 0. The number of aromatic nitrogens is 3. The summed E-state index contributed by atoms with van der Waals surface area (Å²) in [7, 11) is 0. The van der Waals surface area contributed by atoms with Crippen LogP contribution in [0.2, 0.25) is 0 Å². The normalized spacial score (nSPS) is 10.7. The number of nitrogens with one attached hydrogen (secondary N) is 1. The maximum absolute atomic E-state index is 6.03. The molecule has 2 aromatic heterocycles. The van der Waals surface area contributed by atoms with Crippen LogP contribution >= 0.6 is 0 Å². The lowest BCUT2D eigenvalue weighted by atomic mass is 10.1. The van der Waals surface area contributed by atoms with E-state index in [9.17, 15) is 0 Å². The van der Waals surface area contributed by atoms with Crippen LogP contribution in [-0.4, -0.2) is 15.0 Å². The molecule has 24 heavy (non-hydrogen) atoms. The van der Waals surface area contributed by atoms with Gasteiger partial charge >= 0.3 is 0 Å². The summed E-state index contributed by atoms with van der Waals surface area (Å²) >= 11 is 0. The number of para-hydroxylation sites is 1. The van der Waals surface area contributed by atoms with Gasteiger partial charge in [-0.25, -0.2) is 9.97 Å². The lowest BCUT2D eigenvalue weighted by Crippen LogP contribution is -2.02. The minimum Gasteiger partial charge on any atom is -0.394 e. The minimum absolute atomic E-state index is 0.501. The summed E-state index contributed by atoms with van der Waals surface area (Å²) in [6, 6.07) is 19.6. The number of pyridine rings is 1. The fraction of sp³-hybridized carbons (Fsp3) is 0. The van der Waals surface area contributed by atoms with E-state index in [-0.39, 0.29) is 0 Å². The van der Waals surface area contributed by atoms with Crippen LogP contribution in [0.3, 0.4) is 0 Å². The van der Waals surface area contributed by atoms with Gasteiger partial charge < -0.3 is 11.1 Å². The van der Waals surface area contributed by atoms with Crippen LogP contribution in [0.5, 0.6) is 0 Å². The monoisotopic (exact) mass is 313 g/mol. The van der Waals surface area contributed by atoms with Crippen molar-refractivity contribution in [3.63, 3.8) is 0 Å². The van der Waals surface area contributed by atoms with Crippen LogP contribution in [0.1, 0.15) is 0 Å². The maximum atomic E-state index is 6.03. The minimum atomic E-state index is 0.501. The first-order valence-electron chi connectivity index (χ1n) is 7.60. The standard InChI is InChI=1S/C19H15N5/c20-16-12-22-18(24-19(16)23-13-6-2-1-3-7-13)15-8-4-10-17-14(15)9-5-11-21-17/h1-12H,20H2,(H,22,23,24). The Hall–Kier alpha value is -3.47. The molecule has 3 N–H and O–H groups in total. The predicted octanol–water partition coefficient (Wildman–Crippen LogP) is 4.02. The topological polar surface area (TPSA) is 76.7 Å². The first-order chi connectivity index (χ1) is 11.8. The second-order valence-corrected chi connectivity index (χ2v) is 5.36. The van der Waals surface area contributed by atoms with Gasteiger partial charge in [0.2, 0.25) is 0 Å². The molecular weight excluding hydrogens is 298 g/mol. The van der Waals surface area contributed by atoms with Crippen molar-refractivity contribution in [1.29, 1.82) is 0 Å². The quantitative estimate of drug-likeness (QED) is 0.597. The van der Waals surface area contributed by atoms with Gasteiger partial charge in [0.1, 0.15) is 0 Å². The predicted molar refractivity (Wildman–Crippen MR) is 96.9 cm³/mol. The molecular formula is C19H15N5. The first-order valence-corrected chi connectivity index (χ1v) is 7.60. The Kier molecular flexibility index (Phi) is 3.51. The van der Waals surface area contributed by atoms with Gasteiger partial charge in [-0.05, 0) is 24.3 Å². The average Bonchev–Trinajstić information content (AvgIpc) is 2.64. The number of hydrogen-bond acceptors (Lipinski definition) is 5. The molecule has 0 bridgehead atoms. The van der Waals surface area contributed by atoms with Crippen LogP contribution in [-0.2, 0) is 0 Å². The van der Waals surface area contributed by atoms with Gasteiger partial charge in [0, 0.05) is 22.8 Å². The highest BCUT2D eigenvalue weighted by atomic mass is 15.1. The van der Waals surface area contributed by atoms with Crippen molar-refractivity contribution in [2.75, 3.05) is 11.1 Å². The maximum Gasteiger partial charge on any atom is 0.162 e. The van der Waals surface area contributed by atoms with Gasteiger partial charge in [-0.2, -0.15) is 0 Å². The molecule has 0 fully saturated rings. The number of hydrogen-bond donors (Lipinski definition) is 2. The van der Waals surface area contributed by atoms with Crippen molar-refractivity contribution < 1.29 is 0 Å². The molecule has 2 heterocycles. The van der Waals surface area contributed by atoms with E-state index >= 15 is 0 Å². The molecule has 0 atom stereocenters. The van der Waals surface area contributed by atoms with Crippen molar-refractivity contribution in [3.8, 4) is 11.4 Å². The molecule has 0 unspecified atom stereocenters. The summed E-state index contributed by atoms with van der Waals surface area (Å²) in [5, 5.41) is 4.25. The van der Waals surface area contributed by atoms with E-state index in [1.165, 1.54) is 0 Å². The zero-order valence-electron chi connectivity index (χ0n) is 12.8. The first kappa shape index (κ1) is 14.1. The smallest absolute Gasteiger partial charge is 0.162 e. The van der Waals surface area contributed by atoms with Gasteiger partial charge in [0.15, 0.2) is 11.6 Å². The molecule has 4 aromatic rings. The molecule has 5 nitrogen and oxygen atoms in total. The SMILES string of the molecule is Nc1cnc(-c2cccc3ncccc23)nc1Nc1ccccc1. The molecule has 0 radical (unpaired) electrons. The van der Waals surface area contributed by atoms with Gasteiger partial charge in [-0.3, -0.25) is 4.98 Å². The van der Waals surface area contributed by atoms with E-state index in [0.717, 1.165) is 22.2 Å². The number of anilines is 3. The lowest BCUT2D eigenvalue weighted by molar-refractivity contribution is 1.18. The second kappa shape index (κ2) is 5.96. The van der Waals surface area contributed by atoms with Crippen LogP contribution in [0.15, 0.2) is 73.1 Å². The molecule has 0 aliphatic carbocycles. The highest BCUT2D eigenvalue weighted by Gasteiger charge is 2.10. The highest BCUT2D eigenvalue weighted by Crippen LogP contribution is 2.28. The molecule has 0 aliphatic rings. The Bertz CT molecular complexity index is 993. The summed E-state index contributed by atoms with van der Waals surface area (Å²) in [4.78, 5) is 13.4. The molecule has 4 rings (SSSR count). The molecule has 116 valence electrons. The van der Waals surface area contributed by atoms with Crippen molar-refractivity contribution >= 4 is 28.1 Å². The van der Waals surface area contributed by atoms with E-state index in [1.807, 2.05) is 60.7 Å². The fourth-order valence-corrected chi connectivity index (χ4v) is 2.58. The van der Waals surface area contributed by atoms with E-state index < -0.39 is 0 Å². The third-order valence-corrected chi connectivity index (χ3v) is 3.74. The van der Waals surface area contributed by atoms with E-state index in [1.54, 1.807) is 12.4 Å². The van der Waals surface area contributed by atoms with Crippen LogP contribution in [0, 0.1) is 0 Å². The Morgan fingerprint density at radius 1 is 0.833 bits per heavy atom. The Labute approximate surface area is 139 Å². The number of rotatable bonds is 3. The number of fused-ring (bicyclic) bond motifs is 1. The molecule has 0 spiro atoms. The molecule has 0 saturated carbocycles. The van der Waals surface area contributed by atoms with Gasteiger partial charge in [0.05, 0.1) is 17.4 Å². The number of nitrogen functional groups attached to an aromatic ring is 1. The summed E-state index contributed by atoms with van der Waals surface area (Å²) in [5.74, 6) is 1.20. The number of benzene rings is 2. The van der Waals surface area contributed by atoms with Gasteiger partial charge in [-0.1, -0.05) is 36.4 Å². The van der Waals surface area contributed by atoms with Crippen molar-refractivity contribution in [1.82, 2.24) is 15.0 Å². The Balaban J connectivity index is 1.80. The van der Waals surface area contributed by atoms with Crippen LogP contribution < -0.4 is 11.1 Å². The van der Waals surface area contributed by atoms with Crippen molar-refractivity contribution in [2.24, 2.45) is 0 Å². The fourth-order valence-electron chi connectivity index (χ4n) is 2.58. The van der Waals surface area contributed by atoms with Gasteiger partial charge in [0.25, 0.3) is 0 Å². The summed E-state index contributed by atoms with van der Waals surface area (Å²) in [6.07, 6.45) is 3.40. The summed E-state index contributed by atoms with van der Waals surface area (Å²) in [5.41, 5.74) is 9.29. The second-order valence-electron chi connectivity index (χ2n) is 5.36.